The number of nitrogens with zero attached hydrogens (tertiary/aromatic N) is 1. The van der Waals surface area contributed by atoms with Gasteiger partial charge in [-0.3, -0.25) is 0 Å². The van der Waals surface area contributed by atoms with Crippen molar-refractivity contribution in [3.63, 3.8) is 0 Å². The van der Waals surface area contributed by atoms with Crippen LogP contribution in [0.2, 0.25) is 0 Å². The highest BCUT2D eigenvalue weighted by molar-refractivity contribution is 7.13. The molecule has 1 aliphatic heterocycles. The van der Waals surface area contributed by atoms with Crippen molar-refractivity contribution in [2.45, 2.75) is 24.4 Å². The zero-order valence-corrected chi connectivity index (χ0v) is 9.30. The van der Waals surface area contributed by atoms with Gasteiger partial charge >= 0.3 is 0 Å². The molecule has 1 fully saturated rings. The fourth-order valence-electron chi connectivity index (χ4n) is 1.62. The lowest BCUT2D eigenvalue weighted by molar-refractivity contribution is -0.152. The highest BCUT2D eigenvalue weighted by atomic mass is 32.1. The fraction of sp³-hybridized carbons (Fsp3) is 0.667. The number of anilines is 1. The molecule has 1 aliphatic rings. The topological polar surface area (TPSA) is 94.8 Å². The van der Waals surface area contributed by atoms with Crippen LogP contribution in [0.25, 0.3) is 0 Å². The van der Waals surface area contributed by atoms with Crippen LogP contribution < -0.4 is 5.32 Å². The SMILES string of the molecule is OCC1OC[C@@H](Nc2nccs2)C(O)C1O. The van der Waals surface area contributed by atoms with Crippen LogP contribution in [0.1, 0.15) is 0 Å². The third-order valence-corrected chi connectivity index (χ3v) is 3.26. The Kier molecular flexibility index (Phi) is 3.72. The molecule has 2 heterocycles. The van der Waals surface area contributed by atoms with Crippen molar-refractivity contribution >= 4 is 16.5 Å². The zero-order chi connectivity index (χ0) is 11.5. The Morgan fingerprint density at radius 3 is 2.94 bits per heavy atom. The minimum Gasteiger partial charge on any atom is -0.394 e. The van der Waals surface area contributed by atoms with E-state index in [2.05, 4.69) is 10.3 Å². The largest absolute Gasteiger partial charge is 0.394 e. The predicted octanol–water partition coefficient (Wildman–Crippen LogP) is -0.964. The maximum Gasteiger partial charge on any atom is 0.182 e. The number of hydrogen-bond donors (Lipinski definition) is 4. The fourth-order valence-corrected chi connectivity index (χ4v) is 2.22. The van der Waals surface area contributed by atoms with Crippen molar-refractivity contribution in [3.05, 3.63) is 11.6 Å². The lowest BCUT2D eigenvalue weighted by Gasteiger charge is -2.37. The minimum atomic E-state index is -1.09. The number of hydrogen-bond acceptors (Lipinski definition) is 7. The standard InChI is InChI=1S/C9H14N2O4S/c12-3-6-8(14)7(13)5(4-15-6)11-9-10-1-2-16-9/h1-2,5-8,12-14H,3-4H2,(H,10,11)/t5-,6?,7?,8?/m1/s1. The van der Waals surface area contributed by atoms with Crippen molar-refractivity contribution in [1.82, 2.24) is 4.98 Å². The summed E-state index contributed by atoms with van der Waals surface area (Å²) in [4.78, 5) is 4.02. The van der Waals surface area contributed by atoms with Crippen molar-refractivity contribution in [3.8, 4) is 0 Å². The first-order chi connectivity index (χ1) is 7.72. The molecule has 0 saturated carbocycles. The molecule has 2 rings (SSSR count). The van der Waals surface area contributed by atoms with E-state index in [1.54, 1.807) is 6.20 Å². The lowest BCUT2D eigenvalue weighted by Crippen LogP contribution is -2.56. The van der Waals surface area contributed by atoms with Gasteiger partial charge in [0.1, 0.15) is 18.3 Å². The maximum absolute atomic E-state index is 9.81. The van der Waals surface area contributed by atoms with E-state index in [0.29, 0.717) is 5.13 Å². The molecule has 6 nitrogen and oxygen atoms in total. The number of rotatable bonds is 3. The number of nitrogens with one attached hydrogen (secondary N) is 1. The van der Waals surface area contributed by atoms with Crippen molar-refractivity contribution < 1.29 is 20.1 Å². The molecule has 0 radical (unpaired) electrons. The van der Waals surface area contributed by atoms with Gasteiger partial charge in [-0.05, 0) is 0 Å². The molecule has 7 heteroatoms. The first-order valence-corrected chi connectivity index (χ1v) is 5.85. The second kappa shape index (κ2) is 5.07. The lowest BCUT2D eigenvalue weighted by atomic mass is 9.99. The summed E-state index contributed by atoms with van der Waals surface area (Å²) in [6.07, 6.45) is -1.13. The monoisotopic (exact) mass is 246 g/mol. The van der Waals surface area contributed by atoms with E-state index in [0.717, 1.165) is 0 Å². The molecular weight excluding hydrogens is 232 g/mol. The number of aliphatic hydroxyl groups is 3. The summed E-state index contributed by atoms with van der Waals surface area (Å²) in [6, 6.07) is -0.413. The van der Waals surface area contributed by atoms with Crippen LogP contribution in [0.15, 0.2) is 11.6 Å². The number of ether oxygens (including phenoxy) is 1. The average molecular weight is 246 g/mol. The molecule has 0 amide bonds. The Bertz CT molecular complexity index is 321. The van der Waals surface area contributed by atoms with E-state index >= 15 is 0 Å². The van der Waals surface area contributed by atoms with Crippen LogP contribution in [0.4, 0.5) is 5.13 Å². The van der Waals surface area contributed by atoms with E-state index in [-0.39, 0.29) is 13.2 Å². The van der Waals surface area contributed by atoms with Gasteiger partial charge in [0.05, 0.1) is 19.3 Å². The molecule has 90 valence electrons. The Hall–Kier alpha value is -0.730. The van der Waals surface area contributed by atoms with Crippen molar-refractivity contribution in [2.75, 3.05) is 18.5 Å². The van der Waals surface area contributed by atoms with Gasteiger partial charge in [-0.2, -0.15) is 0 Å². The van der Waals surface area contributed by atoms with Gasteiger partial charge < -0.3 is 25.4 Å². The summed E-state index contributed by atoms with van der Waals surface area (Å²) in [7, 11) is 0. The molecule has 1 aromatic rings. The van der Waals surface area contributed by atoms with Crippen LogP contribution in [0.3, 0.4) is 0 Å². The molecule has 0 aliphatic carbocycles. The average Bonchev–Trinajstić information content (AvgIpc) is 2.78. The Balaban J connectivity index is 1.97. The van der Waals surface area contributed by atoms with Crippen molar-refractivity contribution in [1.29, 1.82) is 0 Å². The smallest absolute Gasteiger partial charge is 0.182 e. The molecule has 4 N–H and O–H groups in total. The van der Waals surface area contributed by atoms with E-state index < -0.39 is 24.4 Å². The quantitative estimate of drug-likeness (QED) is 0.548. The molecule has 0 bridgehead atoms. The molecule has 0 spiro atoms. The molecule has 1 saturated heterocycles. The highest BCUT2D eigenvalue weighted by Crippen LogP contribution is 2.20. The van der Waals surface area contributed by atoms with Crippen LogP contribution in [-0.2, 0) is 4.74 Å². The van der Waals surface area contributed by atoms with Gasteiger partial charge in [0, 0.05) is 11.6 Å². The Labute approximate surface area is 96.5 Å². The van der Waals surface area contributed by atoms with Gasteiger partial charge in [0.25, 0.3) is 0 Å². The van der Waals surface area contributed by atoms with E-state index in [9.17, 15) is 10.2 Å². The van der Waals surface area contributed by atoms with Crippen molar-refractivity contribution in [2.24, 2.45) is 0 Å². The van der Waals surface area contributed by atoms with Crippen LogP contribution in [0.5, 0.6) is 0 Å². The predicted molar refractivity (Wildman–Crippen MR) is 58.4 cm³/mol. The van der Waals surface area contributed by atoms with Gasteiger partial charge in [-0.1, -0.05) is 0 Å². The summed E-state index contributed by atoms with van der Waals surface area (Å²) in [5.41, 5.74) is 0. The second-order valence-corrected chi connectivity index (χ2v) is 4.52. The number of aromatic nitrogens is 1. The summed E-state index contributed by atoms with van der Waals surface area (Å²) < 4.78 is 5.23. The third kappa shape index (κ3) is 2.33. The first kappa shape index (κ1) is 11.7. The third-order valence-electron chi connectivity index (χ3n) is 2.55. The molecule has 0 aromatic carbocycles. The van der Waals surface area contributed by atoms with E-state index in [4.69, 9.17) is 9.84 Å². The first-order valence-electron chi connectivity index (χ1n) is 4.97. The minimum absolute atomic E-state index is 0.225. The molecule has 16 heavy (non-hydrogen) atoms. The summed E-state index contributed by atoms with van der Waals surface area (Å²) in [6.45, 7) is -0.0781. The molecule has 3 unspecified atom stereocenters. The number of thiazole rings is 1. The van der Waals surface area contributed by atoms with Gasteiger partial charge in [-0.25, -0.2) is 4.98 Å². The Morgan fingerprint density at radius 1 is 1.50 bits per heavy atom. The van der Waals surface area contributed by atoms with Crippen LogP contribution in [-0.4, -0.2) is 57.9 Å². The molecular formula is C9H14N2O4S. The van der Waals surface area contributed by atoms with Gasteiger partial charge in [-0.15, -0.1) is 11.3 Å². The van der Waals surface area contributed by atoms with E-state index in [1.807, 2.05) is 5.38 Å². The van der Waals surface area contributed by atoms with Gasteiger partial charge in [0.15, 0.2) is 5.13 Å². The number of aliphatic hydroxyl groups excluding tert-OH is 3. The zero-order valence-electron chi connectivity index (χ0n) is 8.48. The summed E-state index contributed by atoms with van der Waals surface area (Å²) >= 11 is 1.41. The molecule has 1 aromatic heterocycles. The Morgan fingerprint density at radius 2 is 2.31 bits per heavy atom. The van der Waals surface area contributed by atoms with Crippen LogP contribution >= 0.6 is 11.3 Å². The summed E-state index contributed by atoms with van der Waals surface area (Å²) in [5.74, 6) is 0. The second-order valence-electron chi connectivity index (χ2n) is 3.62. The normalized spacial score (nSPS) is 34.9. The molecule has 4 atom stereocenters. The van der Waals surface area contributed by atoms with E-state index in [1.165, 1.54) is 11.3 Å². The maximum atomic E-state index is 9.81. The summed E-state index contributed by atoms with van der Waals surface area (Å²) in [5, 5.41) is 33.8. The van der Waals surface area contributed by atoms with Crippen LogP contribution in [0, 0.1) is 0 Å². The highest BCUT2D eigenvalue weighted by Gasteiger charge is 2.38. The van der Waals surface area contributed by atoms with Gasteiger partial charge in [0.2, 0.25) is 0 Å².